The molecule has 1 heterocycles. The molecule has 17 heavy (non-hydrogen) atoms. The van der Waals surface area contributed by atoms with Gasteiger partial charge in [0.05, 0.1) is 5.60 Å². The number of rotatable bonds is 5. The van der Waals surface area contributed by atoms with Crippen LogP contribution < -0.4 is 5.32 Å². The summed E-state index contributed by atoms with van der Waals surface area (Å²) in [6.45, 7) is 6.17. The number of anilines is 1. The van der Waals surface area contributed by atoms with E-state index < -0.39 is 5.60 Å². The fourth-order valence-electron chi connectivity index (χ4n) is 1.63. The summed E-state index contributed by atoms with van der Waals surface area (Å²) in [4.78, 5) is 3.89. The van der Waals surface area contributed by atoms with Gasteiger partial charge in [0.2, 0.25) is 5.28 Å². The van der Waals surface area contributed by atoms with E-state index in [9.17, 15) is 5.11 Å². The van der Waals surface area contributed by atoms with Crippen molar-refractivity contribution < 1.29 is 5.11 Å². The molecular formula is C10H16Cl2N4O. The van der Waals surface area contributed by atoms with Gasteiger partial charge in [0.25, 0.3) is 0 Å². The third-order valence-corrected chi connectivity index (χ3v) is 2.52. The number of hydrogen-bond donors (Lipinski definition) is 2. The second-order valence-corrected chi connectivity index (χ2v) is 5.36. The Labute approximate surface area is 111 Å². The largest absolute Gasteiger partial charge is 0.388 e. The van der Waals surface area contributed by atoms with Gasteiger partial charge in [-0.3, -0.25) is 0 Å². The lowest BCUT2D eigenvalue weighted by Gasteiger charge is -2.25. The van der Waals surface area contributed by atoms with Gasteiger partial charge in [0, 0.05) is 6.54 Å². The maximum atomic E-state index is 10.1. The van der Waals surface area contributed by atoms with Crippen LogP contribution in [0.5, 0.6) is 0 Å². The Hall–Kier alpha value is -0.650. The zero-order valence-corrected chi connectivity index (χ0v) is 11.5. The number of nitrogens with one attached hydrogen (secondary N) is 1. The summed E-state index contributed by atoms with van der Waals surface area (Å²) in [5, 5.41) is 20.3. The summed E-state index contributed by atoms with van der Waals surface area (Å²) in [5.74, 6) is 0.727. The van der Waals surface area contributed by atoms with Gasteiger partial charge < -0.3 is 10.4 Å². The molecule has 0 fully saturated rings. The third kappa shape index (κ3) is 5.02. The molecule has 2 N–H and O–H groups in total. The van der Waals surface area contributed by atoms with Crippen LogP contribution >= 0.6 is 23.2 Å². The van der Waals surface area contributed by atoms with Gasteiger partial charge in [0.15, 0.2) is 11.0 Å². The molecular weight excluding hydrogens is 263 g/mol. The lowest BCUT2D eigenvalue weighted by Crippen LogP contribution is -2.35. The minimum Gasteiger partial charge on any atom is -0.388 e. The molecule has 0 saturated carbocycles. The van der Waals surface area contributed by atoms with Crippen LogP contribution in [0, 0.1) is 5.92 Å². The zero-order chi connectivity index (χ0) is 13.1. The molecule has 0 spiro atoms. The van der Waals surface area contributed by atoms with Crippen LogP contribution in [0.4, 0.5) is 5.82 Å². The van der Waals surface area contributed by atoms with E-state index in [0.717, 1.165) is 0 Å². The van der Waals surface area contributed by atoms with Gasteiger partial charge in [-0.15, -0.1) is 10.2 Å². The van der Waals surface area contributed by atoms with Gasteiger partial charge >= 0.3 is 0 Å². The molecule has 0 aliphatic rings. The van der Waals surface area contributed by atoms with Gasteiger partial charge in [-0.2, -0.15) is 4.98 Å². The molecule has 0 aromatic carbocycles. The van der Waals surface area contributed by atoms with Crippen molar-refractivity contribution in [3.63, 3.8) is 0 Å². The predicted octanol–water partition coefficient (Wildman–Crippen LogP) is 2.39. The first-order valence-corrected chi connectivity index (χ1v) is 6.08. The van der Waals surface area contributed by atoms with E-state index >= 15 is 0 Å². The summed E-state index contributed by atoms with van der Waals surface area (Å²) in [5.41, 5.74) is -0.838. The van der Waals surface area contributed by atoms with Gasteiger partial charge in [-0.25, -0.2) is 0 Å². The van der Waals surface area contributed by atoms with Crippen molar-refractivity contribution >= 4 is 29.0 Å². The minimum absolute atomic E-state index is 0.0143. The predicted molar refractivity (Wildman–Crippen MR) is 68.4 cm³/mol. The van der Waals surface area contributed by atoms with Crippen molar-refractivity contribution in [2.45, 2.75) is 32.8 Å². The van der Waals surface area contributed by atoms with Crippen molar-refractivity contribution in [2.24, 2.45) is 5.92 Å². The Morgan fingerprint density at radius 2 is 2.00 bits per heavy atom. The molecule has 0 aliphatic carbocycles. The molecule has 1 aromatic heterocycles. The van der Waals surface area contributed by atoms with E-state index in [1.807, 2.05) is 13.8 Å². The van der Waals surface area contributed by atoms with Gasteiger partial charge in [-0.05, 0) is 30.9 Å². The highest BCUT2D eigenvalue weighted by molar-refractivity contribution is 6.32. The standard InChI is InChI=1S/C10H16Cl2N4O/c1-6(2)4-10(3,17)5-13-8-7(11)15-16-9(12)14-8/h6,17H,4-5H2,1-3H3,(H,13,14,16). The Bertz CT molecular complexity index is 385. The van der Waals surface area contributed by atoms with Crippen molar-refractivity contribution in [2.75, 3.05) is 11.9 Å². The molecule has 96 valence electrons. The Morgan fingerprint density at radius 1 is 1.35 bits per heavy atom. The van der Waals surface area contributed by atoms with Gasteiger partial charge in [0.1, 0.15) is 0 Å². The van der Waals surface area contributed by atoms with E-state index in [1.54, 1.807) is 6.92 Å². The minimum atomic E-state index is -0.838. The first kappa shape index (κ1) is 14.4. The number of halogens is 2. The maximum absolute atomic E-state index is 10.1. The van der Waals surface area contributed by atoms with E-state index in [2.05, 4.69) is 20.5 Å². The van der Waals surface area contributed by atoms with Gasteiger partial charge in [-0.1, -0.05) is 25.4 Å². The van der Waals surface area contributed by atoms with Crippen LogP contribution in [0.3, 0.4) is 0 Å². The van der Waals surface area contributed by atoms with Crippen molar-refractivity contribution in [1.82, 2.24) is 15.2 Å². The zero-order valence-electron chi connectivity index (χ0n) is 10.0. The van der Waals surface area contributed by atoms with E-state index in [1.165, 1.54) is 0 Å². The number of nitrogens with zero attached hydrogens (tertiary/aromatic N) is 3. The Kier molecular flexibility index (Phi) is 4.91. The van der Waals surface area contributed by atoms with Crippen LogP contribution in [-0.2, 0) is 0 Å². The SMILES string of the molecule is CC(C)CC(C)(O)CNc1nc(Cl)nnc1Cl. The summed E-state index contributed by atoms with van der Waals surface area (Å²) in [7, 11) is 0. The van der Waals surface area contributed by atoms with E-state index in [4.69, 9.17) is 23.2 Å². The highest BCUT2D eigenvalue weighted by atomic mass is 35.5. The van der Waals surface area contributed by atoms with Crippen molar-refractivity contribution in [3.05, 3.63) is 10.4 Å². The summed E-state index contributed by atoms with van der Waals surface area (Å²) in [6.07, 6.45) is 0.670. The smallest absolute Gasteiger partial charge is 0.245 e. The quantitative estimate of drug-likeness (QED) is 0.866. The number of aromatic nitrogens is 3. The fraction of sp³-hybridized carbons (Fsp3) is 0.700. The molecule has 1 unspecified atom stereocenters. The molecule has 7 heteroatoms. The average molecular weight is 279 g/mol. The normalized spacial score (nSPS) is 14.8. The van der Waals surface area contributed by atoms with E-state index in [0.29, 0.717) is 24.7 Å². The van der Waals surface area contributed by atoms with Crippen molar-refractivity contribution in [3.8, 4) is 0 Å². The van der Waals surface area contributed by atoms with Crippen molar-refractivity contribution in [1.29, 1.82) is 0 Å². The molecule has 1 atom stereocenters. The summed E-state index contributed by atoms with van der Waals surface area (Å²) >= 11 is 11.4. The maximum Gasteiger partial charge on any atom is 0.245 e. The highest BCUT2D eigenvalue weighted by Gasteiger charge is 2.22. The van der Waals surface area contributed by atoms with Crippen LogP contribution in [0.1, 0.15) is 27.2 Å². The number of hydrogen-bond acceptors (Lipinski definition) is 5. The lowest BCUT2D eigenvalue weighted by atomic mass is 9.94. The summed E-state index contributed by atoms with van der Waals surface area (Å²) in [6, 6.07) is 0. The fourth-order valence-corrected chi connectivity index (χ4v) is 1.90. The monoisotopic (exact) mass is 278 g/mol. The van der Waals surface area contributed by atoms with Crippen LogP contribution in [0.15, 0.2) is 0 Å². The van der Waals surface area contributed by atoms with Crippen LogP contribution in [0.25, 0.3) is 0 Å². The van der Waals surface area contributed by atoms with Crippen LogP contribution in [0.2, 0.25) is 10.4 Å². The number of aliphatic hydroxyl groups is 1. The average Bonchev–Trinajstić information content (AvgIpc) is 2.17. The highest BCUT2D eigenvalue weighted by Crippen LogP contribution is 2.20. The molecule has 5 nitrogen and oxygen atoms in total. The van der Waals surface area contributed by atoms with E-state index in [-0.39, 0.29) is 10.4 Å². The molecule has 1 aromatic rings. The topological polar surface area (TPSA) is 70.9 Å². The second-order valence-electron chi connectivity index (χ2n) is 4.67. The molecule has 1 rings (SSSR count). The molecule has 0 bridgehead atoms. The first-order valence-electron chi connectivity index (χ1n) is 5.32. The molecule has 0 radical (unpaired) electrons. The lowest BCUT2D eigenvalue weighted by molar-refractivity contribution is 0.0514. The Balaban J connectivity index is 2.63. The Morgan fingerprint density at radius 3 is 2.59 bits per heavy atom. The third-order valence-electron chi connectivity index (χ3n) is 2.10. The molecule has 0 saturated heterocycles. The van der Waals surface area contributed by atoms with Crippen LogP contribution in [-0.4, -0.2) is 32.4 Å². The molecule has 0 aliphatic heterocycles. The first-order chi connectivity index (χ1) is 7.80. The second kappa shape index (κ2) is 5.80. The molecule has 0 amide bonds. The summed E-state index contributed by atoms with van der Waals surface area (Å²) < 4.78 is 0.